The zero-order valence-corrected chi connectivity index (χ0v) is 12.1. The largest absolute Gasteiger partial charge is 0.477 e. The van der Waals surface area contributed by atoms with Crippen molar-refractivity contribution in [2.24, 2.45) is 0 Å². The Labute approximate surface area is 120 Å². The van der Waals surface area contributed by atoms with Crippen molar-refractivity contribution in [3.63, 3.8) is 0 Å². The van der Waals surface area contributed by atoms with E-state index in [1.54, 1.807) is 12.1 Å². The monoisotopic (exact) mass is 295 g/mol. The number of aromatic nitrogens is 1. The van der Waals surface area contributed by atoms with Crippen LogP contribution in [0.3, 0.4) is 0 Å². The third kappa shape index (κ3) is 3.55. The molecule has 0 radical (unpaired) electrons. The number of nitrogens with zero attached hydrogens (tertiary/aromatic N) is 1. The SMILES string of the molecule is CCCc1nc(Cc2ccc(Cl)cc2)c(C(=O)O)s1. The van der Waals surface area contributed by atoms with Gasteiger partial charge in [0, 0.05) is 11.4 Å². The molecule has 19 heavy (non-hydrogen) atoms. The molecule has 3 nitrogen and oxygen atoms in total. The summed E-state index contributed by atoms with van der Waals surface area (Å²) in [6, 6.07) is 7.40. The number of benzene rings is 1. The molecular weight excluding hydrogens is 282 g/mol. The van der Waals surface area contributed by atoms with Crippen molar-refractivity contribution in [2.45, 2.75) is 26.2 Å². The molecule has 1 aromatic carbocycles. The molecule has 0 spiro atoms. The Morgan fingerprint density at radius 2 is 2.05 bits per heavy atom. The summed E-state index contributed by atoms with van der Waals surface area (Å²) in [5.74, 6) is -0.899. The Morgan fingerprint density at radius 1 is 1.37 bits per heavy atom. The third-order valence-corrected chi connectivity index (χ3v) is 4.08. The zero-order valence-electron chi connectivity index (χ0n) is 10.5. The predicted octanol–water partition coefficient (Wildman–Crippen LogP) is 4.04. The number of carbonyl (C=O) groups is 1. The van der Waals surface area contributed by atoms with E-state index in [4.69, 9.17) is 11.6 Å². The Bertz CT molecular complexity index is 578. The van der Waals surface area contributed by atoms with Crippen molar-refractivity contribution in [3.05, 3.63) is 50.4 Å². The second-order valence-electron chi connectivity index (χ2n) is 4.24. The normalized spacial score (nSPS) is 10.6. The number of hydrogen-bond donors (Lipinski definition) is 1. The smallest absolute Gasteiger partial charge is 0.347 e. The molecule has 2 aromatic rings. The van der Waals surface area contributed by atoms with Crippen LogP contribution >= 0.6 is 22.9 Å². The van der Waals surface area contributed by atoms with Gasteiger partial charge in [-0.1, -0.05) is 30.7 Å². The fraction of sp³-hybridized carbons (Fsp3) is 0.286. The molecule has 100 valence electrons. The van der Waals surface area contributed by atoms with Gasteiger partial charge in [0.15, 0.2) is 0 Å². The lowest BCUT2D eigenvalue weighted by Gasteiger charge is -2.00. The Balaban J connectivity index is 2.27. The van der Waals surface area contributed by atoms with Crippen LogP contribution in [0.4, 0.5) is 0 Å². The number of carboxylic acids is 1. The van der Waals surface area contributed by atoms with Crippen molar-refractivity contribution in [2.75, 3.05) is 0 Å². The van der Waals surface area contributed by atoms with Crippen molar-refractivity contribution in [1.82, 2.24) is 4.98 Å². The van der Waals surface area contributed by atoms with Gasteiger partial charge < -0.3 is 5.11 Å². The van der Waals surface area contributed by atoms with E-state index in [0.29, 0.717) is 22.0 Å². The molecule has 0 atom stereocenters. The molecule has 1 heterocycles. The highest BCUT2D eigenvalue weighted by molar-refractivity contribution is 7.13. The van der Waals surface area contributed by atoms with E-state index in [-0.39, 0.29) is 0 Å². The number of halogens is 1. The first kappa shape index (κ1) is 14.0. The summed E-state index contributed by atoms with van der Waals surface area (Å²) in [6.07, 6.45) is 2.32. The highest BCUT2D eigenvalue weighted by Crippen LogP contribution is 2.23. The lowest BCUT2D eigenvalue weighted by molar-refractivity contribution is 0.0701. The number of thiazole rings is 1. The van der Waals surface area contributed by atoms with Crippen LogP contribution in [0.5, 0.6) is 0 Å². The summed E-state index contributed by atoms with van der Waals surface area (Å²) in [5.41, 5.74) is 1.66. The fourth-order valence-electron chi connectivity index (χ4n) is 1.80. The van der Waals surface area contributed by atoms with Crippen LogP contribution < -0.4 is 0 Å². The average Bonchev–Trinajstić information content (AvgIpc) is 2.76. The van der Waals surface area contributed by atoms with Crippen LogP contribution in [-0.2, 0) is 12.8 Å². The third-order valence-electron chi connectivity index (χ3n) is 2.68. The molecule has 0 unspecified atom stereocenters. The highest BCUT2D eigenvalue weighted by atomic mass is 35.5. The predicted molar refractivity (Wildman–Crippen MR) is 77.3 cm³/mol. The quantitative estimate of drug-likeness (QED) is 0.906. The molecule has 2 rings (SSSR count). The number of rotatable bonds is 5. The fourth-order valence-corrected chi connectivity index (χ4v) is 2.95. The van der Waals surface area contributed by atoms with Gasteiger partial charge in [0.1, 0.15) is 4.88 Å². The molecule has 0 fully saturated rings. The Hall–Kier alpha value is -1.39. The minimum absolute atomic E-state index is 0.346. The van der Waals surface area contributed by atoms with Gasteiger partial charge in [-0.25, -0.2) is 9.78 Å². The maximum atomic E-state index is 11.2. The topological polar surface area (TPSA) is 50.2 Å². The number of carboxylic acid groups (broad SMARTS) is 1. The molecule has 5 heteroatoms. The van der Waals surface area contributed by atoms with Gasteiger partial charge in [-0.3, -0.25) is 0 Å². The van der Waals surface area contributed by atoms with Crippen LogP contribution in [0.1, 0.15) is 39.3 Å². The maximum Gasteiger partial charge on any atom is 0.347 e. The van der Waals surface area contributed by atoms with E-state index in [9.17, 15) is 9.90 Å². The molecule has 0 aliphatic heterocycles. The number of hydrogen-bond acceptors (Lipinski definition) is 3. The van der Waals surface area contributed by atoms with Crippen molar-refractivity contribution < 1.29 is 9.90 Å². The Morgan fingerprint density at radius 3 is 2.63 bits per heavy atom. The van der Waals surface area contributed by atoms with E-state index in [2.05, 4.69) is 11.9 Å². The second-order valence-corrected chi connectivity index (χ2v) is 5.76. The average molecular weight is 296 g/mol. The molecular formula is C14H14ClNO2S. The maximum absolute atomic E-state index is 11.2. The summed E-state index contributed by atoms with van der Waals surface area (Å²) in [5, 5.41) is 10.8. The zero-order chi connectivity index (χ0) is 13.8. The molecule has 0 saturated heterocycles. The first-order valence-corrected chi connectivity index (χ1v) is 7.26. The van der Waals surface area contributed by atoms with Crippen LogP contribution in [0.15, 0.2) is 24.3 Å². The minimum atomic E-state index is -0.899. The van der Waals surface area contributed by atoms with Crippen molar-refractivity contribution in [3.8, 4) is 0 Å². The first-order valence-electron chi connectivity index (χ1n) is 6.06. The molecule has 0 bridgehead atoms. The molecule has 1 N–H and O–H groups in total. The summed E-state index contributed by atoms with van der Waals surface area (Å²) in [4.78, 5) is 16.0. The molecule has 0 amide bonds. The van der Waals surface area contributed by atoms with E-state index in [1.165, 1.54) is 11.3 Å². The number of aryl methyl sites for hydroxylation is 1. The number of aromatic carboxylic acids is 1. The van der Waals surface area contributed by atoms with Gasteiger partial charge in [0.05, 0.1) is 10.7 Å². The molecule has 1 aromatic heterocycles. The molecule has 0 saturated carbocycles. The molecule has 0 aliphatic carbocycles. The van der Waals surface area contributed by atoms with E-state index < -0.39 is 5.97 Å². The van der Waals surface area contributed by atoms with Crippen LogP contribution in [0.25, 0.3) is 0 Å². The van der Waals surface area contributed by atoms with Crippen molar-refractivity contribution in [1.29, 1.82) is 0 Å². The van der Waals surface area contributed by atoms with E-state index >= 15 is 0 Å². The van der Waals surface area contributed by atoms with Gasteiger partial charge in [-0.05, 0) is 30.5 Å². The summed E-state index contributed by atoms with van der Waals surface area (Å²) in [7, 11) is 0. The summed E-state index contributed by atoms with van der Waals surface area (Å²) >= 11 is 7.11. The van der Waals surface area contributed by atoms with Gasteiger partial charge >= 0.3 is 5.97 Å². The standard InChI is InChI=1S/C14H14ClNO2S/c1-2-3-12-16-11(13(19-12)14(17)18)8-9-4-6-10(15)7-5-9/h4-7H,2-3,8H2,1H3,(H,17,18). The second kappa shape index (κ2) is 6.17. The van der Waals surface area contributed by atoms with Crippen molar-refractivity contribution >= 4 is 28.9 Å². The van der Waals surface area contributed by atoms with Gasteiger partial charge in [0.25, 0.3) is 0 Å². The summed E-state index contributed by atoms with van der Waals surface area (Å²) in [6.45, 7) is 2.06. The van der Waals surface area contributed by atoms with Gasteiger partial charge in [-0.2, -0.15) is 0 Å². The minimum Gasteiger partial charge on any atom is -0.477 e. The summed E-state index contributed by atoms with van der Waals surface area (Å²) < 4.78 is 0. The van der Waals surface area contributed by atoms with Crippen LogP contribution in [0, 0.1) is 0 Å². The highest BCUT2D eigenvalue weighted by Gasteiger charge is 2.17. The van der Waals surface area contributed by atoms with E-state index in [1.807, 2.05) is 12.1 Å². The lowest BCUT2D eigenvalue weighted by Crippen LogP contribution is -1.99. The Kier molecular flexibility index (Phi) is 4.56. The first-order chi connectivity index (χ1) is 9.10. The van der Waals surface area contributed by atoms with Crippen LogP contribution in [0.2, 0.25) is 5.02 Å². The van der Waals surface area contributed by atoms with Crippen LogP contribution in [-0.4, -0.2) is 16.1 Å². The van der Waals surface area contributed by atoms with Gasteiger partial charge in [0.2, 0.25) is 0 Å². The lowest BCUT2D eigenvalue weighted by atomic mass is 10.1. The molecule has 0 aliphatic rings. The van der Waals surface area contributed by atoms with E-state index in [0.717, 1.165) is 23.4 Å². The van der Waals surface area contributed by atoms with Gasteiger partial charge in [-0.15, -0.1) is 11.3 Å².